The van der Waals surface area contributed by atoms with E-state index in [4.69, 9.17) is 16.3 Å². The van der Waals surface area contributed by atoms with Gasteiger partial charge in [0.25, 0.3) is 5.56 Å². The van der Waals surface area contributed by atoms with Crippen LogP contribution in [0.4, 0.5) is 5.95 Å². The molecule has 0 bridgehead atoms. The minimum absolute atomic E-state index is 0.0723. The van der Waals surface area contributed by atoms with E-state index < -0.39 is 0 Å². The first kappa shape index (κ1) is 16.1. The number of anilines is 1. The number of hydrogen-bond donors (Lipinski definition) is 1. The summed E-state index contributed by atoms with van der Waals surface area (Å²) in [6, 6.07) is 9.08. The number of halogens is 1. The maximum atomic E-state index is 12.8. The summed E-state index contributed by atoms with van der Waals surface area (Å²) in [7, 11) is 1.70. The number of benzene rings is 1. The lowest BCUT2D eigenvalue weighted by Gasteiger charge is -2.13. The van der Waals surface area contributed by atoms with Crippen LogP contribution in [0.25, 0.3) is 22.2 Å². The maximum absolute atomic E-state index is 12.8. The third-order valence-electron chi connectivity index (χ3n) is 4.33. The average molecular weight is 357 g/mol. The van der Waals surface area contributed by atoms with Crippen LogP contribution in [0.1, 0.15) is 12.8 Å². The molecule has 4 rings (SSSR count). The minimum Gasteiger partial charge on any atom is -0.359 e. The fourth-order valence-electron chi connectivity index (χ4n) is 3.02. The zero-order valence-corrected chi connectivity index (χ0v) is 14.5. The third-order valence-corrected chi connectivity index (χ3v) is 4.66. The highest BCUT2D eigenvalue weighted by Crippen LogP contribution is 2.27. The highest BCUT2D eigenvalue weighted by molar-refractivity contribution is 6.33. The van der Waals surface area contributed by atoms with Gasteiger partial charge in [0.15, 0.2) is 0 Å². The summed E-state index contributed by atoms with van der Waals surface area (Å²) in [5.74, 6) is 0.458. The highest BCUT2D eigenvalue weighted by Gasteiger charge is 2.17. The van der Waals surface area contributed by atoms with Gasteiger partial charge in [-0.2, -0.15) is 4.98 Å². The summed E-state index contributed by atoms with van der Waals surface area (Å²) in [5, 5.41) is 4.47. The van der Waals surface area contributed by atoms with Gasteiger partial charge >= 0.3 is 0 Å². The van der Waals surface area contributed by atoms with Crippen molar-refractivity contribution in [2.24, 2.45) is 7.05 Å². The number of rotatable bonds is 3. The number of ether oxygens (including phenoxy) is 1. The van der Waals surface area contributed by atoms with Gasteiger partial charge in [0.2, 0.25) is 5.95 Å². The van der Waals surface area contributed by atoms with Crippen LogP contribution in [-0.4, -0.2) is 27.4 Å². The Morgan fingerprint density at radius 2 is 2.16 bits per heavy atom. The Morgan fingerprint density at radius 3 is 2.92 bits per heavy atom. The molecule has 6 nitrogen and oxygen atoms in total. The lowest BCUT2D eigenvalue weighted by molar-refractivity contribution is 0.131. The van der Waals surface area contributed by atoms with Gasteiger partial charge in [-0.1, -0.05) is 29.8 Å². The molecule has 1 atom stereocenters. The van der Waals surface area contributed by atoms with Crippen molar-refractivity contribution in [2.75, 3.05) is 11.9 Å². The predicted molar refractivity (Wildman–Crippen MR) is 97.8 cm³/mol. The molecular weight excluding hydrogens is 340 g/mol. The lowest BCUT2D eigenvalue weighted by Crippen LogP contribution is -2.22. The molecule has 3 aromatic rings. The quantitative estimate of drug-likeness (QED) is 0.780. The van der Waals surface area contributed by atoms with Crippen LogP contribution in [-0.2, 0) is 11.8 Å². The van der Waals surface area contributed by atoms with E-state index in [1.165, 1.54) is 4.57 Å². The Morgan fingerprint density at radius 1 is 1.32 bits per heavy atom. The van der Waals surface area contributed by atoms with Gasteiger partial charge < -0.3 is 10.1 Å². The third kappa shape index (κ3) is 2.99. The smallest absolute Gasteiger partial charge is 0.259 e. The summed E-state index contributed by atoms with van der Waals surface area (Å²) in [4.78, 5) is 21.6. The molecule has 128 valence electrons. The van der Waals surface area contributed by atoms with E-state index in [0.717, 1.165) is 24.8 Å². The molecule has 1 unspecified atom stereocenters. The summed E-state index contributed by atoms with van der Waals surface area (Å²) in [6.07, 6.45) is 3.58. The van der Waals surface area contributed by atoms with Gasteiger partial charge in [-0.3, -0.25) is 9.36 Å². The van der Waals surface area contributed by atoms with E-state index in [9.17, 15) is 4.79 Å². The van der Waals surface area contributed by atoms with Gasteiger partial charge in [0, 0.05) is 41.4 Å². The van der Waals surface area contributed by atoms with Crippen molar-refractivity contribution in [3.63, 3.8) is 0 Å². The number of fused-ring (bicyclic) bond motifs is 1. The molecule has 2 aromatic heterocycles. The molecule has 7 heteroatoms. The van der Waals surface area contributed by atoms with E-state index >= 15 is 0 Å². The van der Waals surface area contributed by atoms with Gasteiger partial charge in [0.05, 0.1) is 0 Å². The Hall–Kier alpha value is -2.44. The number of pyridine rings is 1. The van der Waals surface area contributed by atoms with Crippen LogP contribution in [0, 0.1) is 0 Å². The van der Waals surface area contributed by atoms with Crippen molar-refractivity contribution < 1.29 is 4.74 Å². The molecule has 3 heterocycles. The van der Waals surface area contributed by atoms with Crippen LogP contribution >= 0.6 is 11.6 Å². The summed E-state index contributed by atoms with van der Waals surface area (Å²) < 4.78 is 7.06. The van der Waals surface area contributed by atoms with Crippen LogP contribution < -0.4 is 10.9 Å². The fourth-order valence-corrected chi connectivity index (χ4v) is 3.26. The van der Waals surface area contributed by atoms with E-state index in [0.29, 0.717) is 27.7 Å². The normalized spacial score (nSPS) is 17.1. The molecule has 1 N–H and O–H groups in total. The number of hydrogen-bond acceptors (Lipinski definition) is 5. The molecule has 25 heavy (non-hydrogen) atoms. The first-order chi connectivity index (χ1) is 12.1. The van der Waals surface area contributed by atoms with Gasteiger partial charge in [-0.25, -0.2) is 4.98 Å². The monoisotopic (exact) mass is 356 g/mol. The van der Waals surface area contributed by atoms with Gasteiger partial charge in [-0.15, -0.1) is 0 Å². The summed E-state index contributed by atoms with van der Waals surface area (Å²) >= 11 is 6.25. The number of nitrogens with one attached hydrogen (secondary N) is 1. The largest absolute Gasteiger partial charge is 0.359 e. The van der Waals surface area contributed by atoms with E-state index in [2.05, 4.69) is 15.3 Å². The Labute approximate surface area is 149 Å². The number of nitrogens with zero attached hydrogens (tertiary/aromatic N) is 3. The molecule has 1 aromatic carbocycles. The molecule has 0 aliphatic carbocycles. The molecule has 0 radical (unpaired) electrons. The van der Waals surface area contributed by atoms with Crippen molar-refractivity contribution >= 4 is 28.6 Å². The Balaban J connectivity index is 1.80. The Bertz CT molecular complexity index is 996. The van der Waals surface area contributed by atoms with Gasteiger partial charge in [-0.05, 0) is 25.0 Å². The van der Waals surface area contributed by atoms with Crippen molar-refractivity contribution in [1.82, 2.24) is 14.5 Å². The lowest BCUT2D eigenvalue weighted by atomic mass is 10.1. The second-order valence-electron chi connectivity index (χ2n) is 6.02. The van der Waals surface area contributed by atoms with Crippen LogP contribution in [0.2, 0.25) is 5.02 Å². The SMILES string of the molecule is Cn1c(=O)c(-c2ccccc2Cl)cc2cnc(NC3CCCO3)nc21. The highest BCUT2D eigenvalue weighted by atomic mass is 35.5. The molecular formula is C18H17ClN4O2. The topological polar surface area (TPSA) is 69.0 Å². The van der Waals surface area contributed by atoms with Gasteiger partial charge in [0.1, 0.15) is 11.9 Å². The molecule has 1 fully saturated rings. The summed E-state index contributed by atoms with van der Waals surface area (Å²) in [6.45, 7) is 0.741. The van der Waals surface area contributed by atoms with Crippen LogP contribution in [0.5, 0.6) is 0 Å². The average Bonchev–Trinajstić information content (AvgIpc) is 3.12. The molecule has 0 saturated carbocycles. The van der Waals surface area contributed by atoms with E-state index in [-0.39, 0.29) is 11.8 Å². The maximum Gasteiger partial charge on any atom is 0.259 e. The standard InChI is InChI=1S/C18H17ClN4O2/c1-23-16-11(10-20-18(22-16)21-15-7-4-8-25-15)9-13(17(23)24)12-5-2-3-6-14(12)19/h2-3,5-6,9-10,15H,4,7-8H2,1H3,(H,20,21,22). The zero-order chi connectivity index (χ0) is 17.4. The Kier molecular flexibility index (Phi) is 4.15. The molecule has 1 aliphatic heterocycles. The molecule has 1 saturated heterocycles. The molecule has 0 amide bonds. The van der Waals surface area contributed by atoms with E-state index in [1.807, 2.05) is 18.2 Å². The molecule has 0 spiro atoms. The molecule has 1 aliphatic rings. The van der Waals surface area contributed by atoms with Crippen molar-refractivity contribution in [3.05, 3.63) is 51.9 Å². The van der Waals surface area contributed by atoms with Crippen LogP contribution in [0.15, 0.2) is 41.3 Å². The van der Waals surface area contributed by atoms with E-state index in [1.54, 1.807) is 25.4 Å². The van der Waals surface area contributed by atoms with Crippen molar-refractivity contribution in [2.45, 2.75) is 19.1 Å². The minimum atomic E-state index is -0.151. The van der Waals surface area contributed by atoms with Crippen molar-refractivity contribution in [3.8, 4) is 11.1 Å². The first-order valence-corrected chi connectivity index (χ1v) is 8.51. The fraction of sp³-hybridized carbons (Fsp3) is 0.278. The van der Waals surface area contributed by atoms with Crippen LogP contribution in [0.3, 0.4) is 0 Å². The van der Waals surface area contributed by atoms with Crippen molar-refractivity contribution in [1.29, 1.82) is 0 Å². The predicted octanol–water partition coefficient (Wildman–Crippen LogP) is 3.20. The second kappa shape index (κ2) is 6.46. The summed E-state index contributed by atoms with van der Waals surface area (Å²) in [5.41, 5.74) is 1.65. The first-order valence-electron chi connectivity index (χ1n) is 8.13. The second-order valence-corrected chi connectivity index (χ2v) is 6.43. The zero-order valence-electron chi connectivity index (χ0n) is 13.7. The number of aryl methyl sites for hydroxylation is 1. The number of aromatic nitrogens is 3.